The predicted octanol–water partition coefficient (Wildman–Crippen LogP) is 0.689. The van der Waals surface area contributed by atoms with Gasteiger partial charge in [0, 0.05) is 18.9 Å². The number of hydrogen-bond acceptors (Lipinski definition) is 4. The molecule has 0 atom stereocenters. The lowest BCUT2D eigenvalue weighted by Crippen LogP contribution is -2.24. The number of carbonyl (C=O) groups is 2. The van der Waals surface area contributed by atoms with Crippen molar-refractivity contribution in [2.75, 3.05) is 19.8 Å². The average molecular weight is 213 g/mol. The third kappa shape index (κ3) is 8.63. The number of esters is 1. The molecule has 0 aromatic heterocycles. The van der Waals surface area contributed by atoms with Gasteiger partial charge in [-0.25, -0.2) is 9.59 Å². The van der Waals surface area contributed by atoms with Crippen LogP contribution in [0.1, 0.15) is 20.3 Å². The summed E-state index contributed by atoms with van der Waals surface area (Å²) in [6.07, 6.45) is -0.0899. The molecule has 0 rings (SSSR count). The third-order valence-electron chi connectivity index (χ3n) is 1.26. The Hall–Kier alpha value is -1.70. The van der Waals surface area contributed by atoms with E-state index in [2.05, 4.69) is 26.6 Å². The molecule has 5 nitrogen and oxygen atoms in total. The first-order valence-electron chi connectivity index (χ1n) is 4.77. The highest BCUT2D eigenvalue weighted by molar-refractivity contribution is 5.88. The molecule has 0 aromatic carbocycles. The zero-order chi connectivity index (χ0) is 11.5. The van der Waals surface area contributed by atoms with Crippen LogP contribution in [0.15, 0.2) is 0 Å². The predicted molar refractivity (Wildman–Crippen MR) is 54.1 cm³/mol. The van der Waals surface area contributed by atoms with Crippen molar-refractivity contribution in [1.29, 1.82) is 0 Å². The van der Waals surface area contributed by atoms with E-state index in [1.54, 1.807) is 13.8 Å². The minimum Gasteiger partial charge on any atom is -0.456 e. The van der Waals surface area contributed by atoms with Crippen LogP contribution >= 0.6 is 0 Å². The van der Waals surface area contributed by atoms with Gasteiger partial charge in [0.2, 0.25) is 0 Å². The van der Waals surface area contributed by atoms with Crippen molar-refractivity contribution in [1.82, 2.24) is 5.32 Å². The molecule has 0 spiro atoms. The summed E-state index contributed by atoms with van der Waals surface area (Å²) in [4.78, 5) is 21.5. The Bertz CT molecular complexity index is 264. The summed E-state index contributed by atoms with van der Waals surface area (Å²) in [6, 6.07) is 0. The van der Waals surface area contributed by atoms with Crippen LogP contribution in [-0.4, -0.2) is 31.8 Å². The Morgan fingerprint density at radius 1 is 1.20 bits per heavy atom. The van der Waals surface area contributed by atoms with Gasteiger partial charge in [-0.3, -0.25) is 0 Å². The molecule has 84 valence electrons. The van der Waals surface area contributed by atoms with Crippen LogP contribution < -0.4 is 5.32 Å². The van der Waals surface area contributed by atoms with E-state index in [-0.39, 0.29) is 0 Å². The highest BCUT2D eigenvalue weighted by atomic mass is 16.5. The van der Waals surface area contributed by atoms with Crippen LogP contribution in [0.2, 0.25) is 0 Å². The van der Waals surface area contributed by atoms with Gasteiger partial charge < -0.3 is 14.8 Å². The highest BCUT2D eigenvalue weighted by Crippen LogP contribution is 1.79. The van der Waals surface area contributed by atoms with E-state index in [1.165, 1.54) is 0 Å². The SMILES string of the molecule is CCOC(=O)C#CCCNC(=O)OCC. The molecule has 1 N–H and O–H groups in total. The monoisotopic (exact) mass is 213 g/mol. The number of nitrogens with one attached hydrogen (secondary N) is 1. The van der Waals surface area contributed by atoms with Crippen LogP contribution in [-0.2, 0) is 14.3 Å². The molecule has 0 bridgehead atoms. The van der Waals surface area contributed by atoms with Gasteiger partial charge in [0.05, 0.1) is 13.2 Å². The number of rotatable bonds is 4. The summed E-state index contributed by atoms with van der Waals surface area (Å²) < 4.78 is 9.20. The highest BCUT2D eigenvalue weighted by Gasteiger charge is 1.96. The van der Waals surface area contributed by atoms with Crippen molar-refractivity contribution < 1.29 is 19.1 Å². The van der Waals surface area contributed by atoms with E-state index in [1.807, 2.05) is 0 Å². The van der Waals surface area contributed by atoms with E-state index in [4.69, 9.17) is 0 Å². The molecule has 0 aliphatic rings. The van der Waals surface area contributed by atoms with Crippen molar-refractivity contribution in [3.8, 4) is 11.8 Å². The first-order valence-corrected chi connectivity index (χ1v) is 4.77. The molecular formula is C10H15NO4. The molecule has 1 amide bonds. The Morgan fingerprint density at radius 3 is 2.47 bits per heavy atom. The second-order valence-corrected chi connectivity index (χ2v) is 2.42. The molecule has 0 fully saturated rings. The van der Waals surface area contributed by atoms with Gasteiger partial charge in [-0.05, 0) is 13.8 Å². The minimum atomic E-state index is -0.548. The molecule has 5 heteroatoms. The largest absolute Gasteiger partial charge is 0.456 e. The van der Waals surface area contributed by atoms with E-state index < -0.39 is 12.1 Å². The topological polar surface area (TPSA) is 64.6 Å². The summed E-state index contributed by atoms with van der Waals surface area (Å²) in [5.74, 6) is 4.31. The van der Waals surface area contributed by atoms with E-state index in [9.17, 15) is 9.59 Å². The van der Waals surface area contributed by atoms with Gasteiger partial charge in [-0.2, -0.15) is 0 Å². The zero-order valence-corrected chi connectivity index (χ0v) is 8.96. The van der Waals surface area contributed by atoms with Crippen molar-refractivity contribution >= 4 is 12.1 Å². The Labute approximate surface area is 89.1 Å². The summed E-state index contributed by atoms with van der Waals surface area (Å²) in [5, 5.41) is 2.47. The number of amides is 1. The molecule has 15 heavy (non-hydrogen) atoms. The van der Waals surface area contributed by atoms with Gasteiger partial charge in [0.25, 0.3) is 0 Å². The smallest absolute Gasteiger partial charge is 0.407 e. The first kappa shape index (κ1) is 13.3. The van der Waals surface area contributed by atoms with E-state index in [0.29, 0.717) is 26.2 Å². The van der Waals surface area contributed by atoms with Gasteiger partial charge >= 0.3 is 12.1 Å². The van der Waals surface area contributed by atoms with Crippen molar-refractivity contribution in [3.05, 3.63) is 0 Å². The van der Waals surface area contributed by atoms with Gasteiger partial charge in [0.15, 0.2) is 0 Å². The van der Waals surface area contributed by atoms with E-state index in [0.717, 1.165) is 0 Å². The van der Waals surface area contributed by atoms with Gasteiger partial charge in [-0.15, -0.1) is 0 Å². The Balaban J connectivity index is 3.52. The fourth-order valence-electron chi connectivity index (χ4n) is 0.711. The van der Waals surface area contributed by atoms with Crippen LogP contribution in [0.3, 0.4) is 0 Å². The van der Waals surface area contributed by atoms with Crippen molar-refractivity contribution in [2.24, 2.45) is 0 Å². The molecule has 0 saturated carbocycles. The van der Waals surface area contributed by atoms with Gasteiger partial charge in [0.1, 0.15) is 0 Å². The maximum Gasteiger partial charge on any atom is 0.407 e. The third-order valence-corrected chi connectivity index (χ3v) is 1.26. The Kier molecular flexibility index (Phi) is 7.87. The fourth-order valence-corrected chi connectivity index (χ4v) is 0.711. The standard InChI is InChI=1S/C10H15NO4/c1-3-14-9(12)7-5-6-8-11-10(13)15-4-2/h3-4,6,8H2,1-2H3,(H,11,13). The summed E-state index contributed by atoms with van der Waals surface area (Å²) in [7, 11) is 0. The second-order valence-electron chi connectivity index (χ2n) is 2.42. The lowest BCUT2D eigenvalue weighted by Gasteiger charge is -2.01. The normalized spacial score (nSPS) is 8.40. The molecule has 0 aliphatic heterocycles. The van der Waals surface area contributed by atoms with Crippen LogP contribution in [0.5, 0.6) is 0 Å². The molecule has 0 radical (unpaired) electrons. The summed E-state index contributed by atoms with van der Waals surface area (Å²) >= 11 is 0. The second kappa shape index (κ2) is 8.88. The minimum absolute atomic E-state index is 0.314. The summed E-state index contributed by atoms with van der Waals surface area (Å²) in [5.41, 5.74) is 0. The van der Waals surface area contributed by atoms with Crippen molar-refractivity contribution in [2.45, 2.75) is 20.3 Å². The molecule has 0 unspecified atom stereocenters. The average Bonchev–Trinajstić information content (AvgIpc) is 2.18. The molecule has 0 saturated heterocycles. The summed E-state index contributed by atoms with van der Waals surface area (Å²) in [6.45, 7) is 4.43. The maximum absolute atomic E-state index is 10.8. The lowest BCUT2D eigenvalue weighted by atomic mass is 10.4. The number of carbonyl (C=O) groups excluding carboxylic acids is 2. The zero-order valence-electron chi connectivity index (χ0n) is 8.96. The molecule has 0 heterocycles. The molecule has 0 aliphatic carbocycles. The van der Waals surface area contributed by atoms with Crippen molar-refractivity contribution in [3.63, 3.8) is 0 Å². The fraction of sp³-hybridized carbons (Fsp3) is 0.600. The van der Waals surface area contributed by atoms with Crippen LogP contribution in [0, 0.1) is 11.8 Å². The van der Waals surface area contributed by atoms with E-state index >= 15 is 0 Å². The number of ether oxygens (including phenoxy) is 2. The first-order chi connectivity index (χ1) is 7.20. The maximum atomic E-state index is 10.8. The molecule has 0 aromatic rings. The Morgan fingerprint density at radius 2 is 1.87 bits per heavy atom. The number of alkyl carbamates (subject to hydrolysis) is 1. The molecular weight excluding hydrogens is 198 g/mol. The quantitative estimate of drug-likeness (QED) is 0.323. The van der Waals surface area contributed by atoms with Gasteiger partial charge in [-0.1, -0.05) is 5.92 Å². The van der Waals surface area contributed by atoms with Crippen LogP contribution in [0.25, 0.3) is 0 Å². The van der Waals surface area contributed by atoms with Crippen LogP contribution in [0.4, 0.5) is 4.79 Å². The number of hydrogen-bond donors (Lipinski definition) is 1. The lowest BCUT2D eigenvalue weighted by molar-refractivity contribution is -0.136.